The lowest BCUT2D eigenvalue weighted by molar-refractivity contribution is -0.0949. The summed E-state index contributed by atoms with van der Waals surface area (Å²) < 4.78 is 29.3. The van der Waals surface area contributed by atoms with Crippen LogP contribution < -0.4 is 0 Å². The molecule has 0 saturated heterocycles. The van der Waals surface area contributed by atoms with Gasteiger partial charge in [0.2, 0.25) is 0 Å². The third kappa shape index (κ3) is 5.71. The van der Waals surface area contributed by atoms with E-state index in [1.165, 1.54) is 19.4 Å². The maximum absolute atomic E-state index is 14.6. The van der Waals surface area contributed by atoms with E-state index in [1.807, 2.05) is 13.0 Å². The quantitative estimate of drug-likeness (QED) is 0.467. The first-order chi connectivity index (χ1) is 14.7. The molecule has 3 aliphatic carbocycles. The fourth-order valence-electron chi connectivity index (χ4n) is 7.00. The molecule has 0 aliphatic heterocycles. The number of aliphatic hydroxyl groups is 3. The number of halogens is 2. The van der Waals surface area contributed by atoms with Gasteiger partial charge in [-0.25, -0.2) is 8.78 Å². The van der Waals surface area contributed by atoms with Crippen LogP contribution in [0.25, 0.3) is 0 Å². The Kier molecular flexibility index (Phi) is 7.44. The van der Waals surface area contributed by atoms with Crippen molar-refractivity contribution in [3.63, 3.8) is 0 Å². The summed E-state index contributed by atoms with van der Waals surface area (Å²) in [7, 11) is 0. The molecule has 5 heteroatoms. The van der Waals surface area contributed by atoms with E-state index in [0.29, 0.717) is 24.3 Å². The van der Waals surface area contributed by atoms with Crippen LogP contribution in [0.1, 0.15) is 85.5 Å². The first-order valence-corrected chi connectivity index (χ1v) is 12.3. The Bertz CT molecular complexity index is 763. The van der Waals surface area contributed by atoms with Gasteiger partial charge >= 0.3 is 0 Å². The average molecular weight is 453 g/mol. The van der Waals surface area contributed by atoms with Crippen molar-refractivity contribution in [3.8, 4) is 0 Å². The summed E-state index contributed by atoms with van der Waals surface area (Å²) in [6.45, 7) is 11.1. The van der Waals surface area contributed by atoms with Gasteiger partial charge in [-0.3, -0.25) is 0 Å². The maximum Gasteiger partial charge on any atom is 0.251 e. The standard InChI is InChI=1S/C27H42F2O3/c1-17(15-27(28,29)16-25(3,4)32)22-10-11-23-19(7-6-12-26(22,23)5)8-9-20-13-21(30)14-24(31)18(20)2/h8-9,17,21-24,30-32H,2,6-7,10-16H2,1,3-5H3/t17-,21-,22-,23?,24+,26-/m1/s1. The van der Waals surface area contributed by atoms with Crippen LogP contribution in [0, 0.1) is 23.2 Å². The Morgan fingerprint density at radius 2 is 1.91 bits per heavy atom. The maximum atomic E-state index is 14.6. The van der Waals surface area contributed by atoms with Crippen molar-refractivity contribution in [1.29, 1.82) is 0 Å². The fourth-order valence-corrected chi connectivity index (χ4v) is 7.00. The largest absolute Gasteiger partial charge is 0.393 e. The SMILES string of the molecule is C=C1C(=CC=C2CCC[C@@]3(C)C2CC[C@@H]3[C@H](C)CC(F)(F)CC(C)(C)O)C[C@@H](O)C[C@@H]1O. The number of alkyl halides is 2. The van der Waals surface area contributed by atoms with Gasteiger partial charge < -0.3 is 15.3 Å². The first-order valence-electron chi connectivity index (χ1n) is 12.3. The highest BCUT2D eigenvalue weighted by atomic mass is 19.3. The number of hydrogen-bond acceptors (Lipinski definition) is 3. The normalized spacial score (nSPS) is 37.7. The summed E-state index contributed by atoms with van der Waals surface area (Å²) >= 11 is 0. The number of allylic oxidation sites excluding steroid dienone is 3. The minimum atomic E-state index is -2.87. The first kappa shape index (κ1) is 25.6. The number of rotatable bonds is 6. The van der Waals surface area contributed by atoms with Crippen LogP contribution in [-0.2, 0) is 0 Å². The molecule has 3 fully saturated rings. The van der Waals surface area contributed by atoms with Crippen LogP contribution >= 0.6 is 0 Å². The zero-order valence-corrected chi connectivity index (χ0v) is 20.2. The molecule has 182 valence electrons. The molecule has 32 heavy (non-hydrogen) atoms. The van der Waals surface area contributed by atoms with Crippen LogP contribution in [0.4, 0.5) is 8.78 Å². The summed E-state index contributed by atoms with van der Waals surface area (Å²) in [5, 5.41) is 30.0. The molecule has 0 aromatic heterocycles. The van der Waals surface area contributed by atoms with Gasteiger partial charge in [-0.05, 0) is 86.7 Å². The topological polar surface area (TPSA) is 60.7 Å². The van der Waals surface area contributed by atoms with Crippen molar-refractivity contribution in [2.45, 2.75) is 109 Å². The van der Waals surface area contributed by atoms with Crippen LogP contribution in [0.15, 0.2) is 35.5 Å². The van der Waals surface area contributed by atoms with Gasteiger partial charge in [0.1, 0.15) is 0 Å². The van der Waals surface area contributed by atoms with E-state index in [1.54, 1.807) is 0 Å². The van der Waals surface area contributed by atoms with Gasteiger partial charge in [0.15, 0.2) is 0 Å². The molecule has 6 atom stereocenters. The molecule has 0 bridgehead atoms. The van der Waals surface area contributed by atoms with Crippen molar-refractivity contribution in [1.82, 2.24) is 0 Å². The van der Waals surface area contributed by atoms with Crippen LogP contribution in [0.5, 0.6) is 0 Å². The molecule has 3 nitrogen and oxygen atoms in total. The zero-order valence-electron chi connectivity index (χ0n) is 20.2. The molecule has 0 heterocycles. The summed E-state index contributed by atoms with van der Waals surface area (Å²) in [4.78, 5) is 0. The molecule has 1 unspecified atom stereocenters. The van der Waals surface area contributed by atoms with Crippen molar-refractivity contribution in [3.05, 3.63) is 35.5 Å². The molecule has 0 amide bonds. The molecule has 0 radical (unpaired) electrons. The lowest BCUT2D eigenvalue weighted by atomic mass is 9.60. The summed E-state index contributed by atoms with van der Waals surface area (Å²) in [5.41, 5.74) is 1.61. The van der Waals surface area contributed by atoms with Gasteiger partial charge in [-0.15, -0.1) is 0 Å². The van der Waals surface area contributed by atoms with E-state index in [4.69, 9.17) is 0 Å². The molecule has 3 saturated carbocycles. The van der Waals surface area contributed by atoms with E-state index >= 15 is 0 Å². The molecular weight excluding hydrogens is 410 g/mol. The minimum Gasteiger partial charge on any atom is -0.393 e. The van der Waals surface area contributed by atoms with Gasteiger partial charge in [-0.2, -0.15) is 0 Å². The second-order valence-corrected chi connectivity index (χ2v) is 11.7. The van der Waals surface area contributed by atoms with Crippen LogP contribution in [0.3, 0.4) is 0 Å². The predicted molar refractivity (Wildman–Crippen MR) is 124 cm³/mol. The van der Waals surface area contributed by atoms with Crippen molar-refractivity contribution < 1.29 is 24.1 Å². The Morgan fingerprint density at radius 1 is 1.22 bits per heavy atom. The van der Waals surface area contributed by atoms with Crippen LogP contribution in [-0.4, -0.2) is 39.1 Å². The summed E-state index contributed by atoms with van der Waals surface area (Å²) in [6, 6.07) is 0. The zero-order chi connectivity index (χ0) is 23.9. The van der Waals surface area contributed by atoms with E-state index in [0.717, 1.165) is 37.7 Å². The van der Waals surface area contributed by atoms with Gasteiger partial charge in [0, 0.05) is 19.3 Å². The van der Waals surface area contributed by atoms with Crippen molar-refractivity contribution in [2.75, 3.05) is 0 Å². The number of fused-ring (bicyclic) bond motifs is 1. The average Bonchev–Trinajstić information content (AvgIpc) is 2.98. The highest BCUT2D eigenvalue weighted by Gasteiger charge is 2.52. The smallest absolute Gasteiger partial charge is 0.251 e. The van der Waals surface area contributed by atoms with Crippen LogP contribution in [0.2, 0.25) is 0 Å². The summed E-state index contributed by atoms with van der Waals surface area (Å²) in [6.07, 6.45) is 8.20. The number of hydrogen-bond donors (Lipinski definition) is 3. The number of aliphatic hydroxyl groups excluding tert-OH is 2. The third-order valence-electron chi connectivity index (χ3n) is 8.30. The monoisotopic (exact) mass is 452 g/mol. The third-order valence-corrected chi connectivity index (χ3v) is 8.30. The molecule has 0 aromatic carbocycles. The molecule has 3 N–H and O–H groups in total. The lowest BCUT2D eigenvalue weighted by Gasteiger charge is -2.45. The molecule has 3 rings (SSSR count). The summed E-state index contributed by atoms with van der Waals surface area (Å²) in [5.74, 6) is -2.35. The van der Waals surface area contributed by atoms with Crippen molar-refractivity contribution in [2.24, 2.45) is 23.2 Å². The highest BCUT2D eigenvalue weighted by molar-refractivity contribution is 5.38. The Labute approximate surface area is 192 Å². The van der Waals surface area contributed by atoms with Gasteiger partial charge in [-0.1, -0.05) is 38.2 Å². The Morgan fingerprint density at radius 3 is 2.56 bits per heavy atom. The van der Waals surface area contributed by atoms with Gasteiger partial charge in [0.25, 0.3) is 5.92 Å². The Hall–Kier alpha value is -1.04. The molecule has 3 aliphatic rings. The van der Waals surface area contributed by atoms with Gasteiger partial charge in [0.05, 0.1) is 17.8 Å². The van der Waals surface area contributed by atoms with E-state index in [2.05, 4.69) is 19.6 Å². The Balaban J connectivity index is 1.75. The van der Waals surface area contributed by atoms with Crippen molar-refractivity contribution >= 4 is 0 Å². The molecule has 0 spiro atoms. The minimum absolute atomic E-state index is 0.00935. The second kappa shape index (κ2) is 9.31. The second-order valence-electron chi connectivity index (χ2n) is 11.7. The predicted octanol–water partition coefficient (Wildman–Crippen LogP) is 5.95. The lowest BCUT2D eigenvalue weighted by Crippen LogP contribution is -2.39. The molecule has 0 aromatic rings. The van der Waals surface area contributed by atoms with E-state index in [9.17, 15) is 24.1 Å². The molecular formula is C27H42F2O3. The van der Waals surface area contributed by atoms with E-state index in [-0.39, 0.29) is 23.7 Å². The van der Waals surface area contributed by atoms with E-state index < -0.39 is 30.2 Å². The fraction of sp³-hybridized carbons (Fsp3) is 0.778. The highest BCUT2D eigenvalue weighted by Crippen LogP contribution is 2.60.